The van der Waals surface area contributed by atoms with Gasteiger partial charge in [-0.3, -0.25) is 0 Å². The molecule has 102 valence electrons. The Hall–Kier alpha value is -2.50. The zero-order valence-corrected chi connectivity index (χ0v) is 10.2. The standard InChI is InChI=1S/C14H10F3N3/c15-14(16,17)10-3-6-13-19-12(8-20(13)7-10)9-1-4-11(18)5-2-9/h1-8H,18H2. The van der Waals surface area contributed by atoms with Gasteiger partial charge < -0.3 is 10.1 Å². The van der Waals surface area contributed by atoms with E-state index in [1.807, 2.05) is 0 Å². The minimum absolute atomic E-state index is 0.463. The van der Waals surface area contributed by atoms with Gasteiger partial charge in [-0.15, -0.1) is 0 Å². The molecule has 6 heteroatoms. The van der Waals surface area contributed by atoms with Crippen LogP contribution >= 0.6 is 0 Å². The molecule has 0 radical (unpaired) electrons. The Bertz CT molecular complexity index is 757. The number of rotatable bonds is 1. The average molecular weight is 277 g/mol. The number of hydrogen-bond donors (Lipinski definition) is 1. The first-order valence-electron chi connectivity index (χ1n) is 5.85. The SMILES string of the molecule is Nc1ccc(-c2cn3cc(C(F)(F)F)ccc3n2)cc1. The lowest BCUT2D eigenvalue weighted by Crippen LogP contribution is -2.05. The molecule has 0 unspecified atom stereocenters. The molecule has 2 aromatic heterocycles. The Labute approximate surface area is 112 Å². The molecule has 20 heavy (non-hydrogen) atoms. The van der Waals surface area contributed by atoms with Crippen molar-refractivity contribution in [2.75, 3.05) is 5.73 Å². The van der Waals surface area contributed by atoms with Gasteiger partial charge in [0.25, 0.3) is 0 Å². The summed E-state index contributed by atoms with van der Waals surface area (Å²) in [6, 6.07) is 9.38. The third-order valence-electron chi connectivity index (χ3n) is 2.98. The van der Waals surface area contributed by atoms with Crippen molar-refractivity contribution >= 4 is 11.3 Å². The molecule has 0 aliphatic carbocycles. The molecule has 0 aliphatic rings. The van der Waals surface area contributed by atoms with E-state index in [9.17, 15) is 13.2 Å². The van der Waals surface area contributed by atoms with E-state index < -0.39 is 11.7 Å². The fraction of sp³-hybridized carbons (Fsp3) is 0.0714. The monoisotopic (exact) mass is 277 g/mol. The van der Waals surface area contributed by atoms with Gasteiger partial charge in [-0.25, -0.2) is 4.98 Å². The normalized spacial score (nSPS) is 11.9. The van der Waals surface area contributed by atoms with Gasteiger partial charge in [0.2, 0.25) is 0 Å². The lowest BCUT2D eigenvalue weighted by Gasteiger charge is -2.05. The minimum Gasteiger partial charge on any atom is -0.399 e. The number of nitrogens with zero attached hydrogens (tertiary/aromatic N) is 2. The molecule has 1 aromatic carbocycles. The lowest BCUT2D eigenvalue weighted by atomic mass is 10.1. The molecule has 0 saturated heterocycles. The molecule has 3 aromatic rings. The van der Waals surface area contributed by atoms with E-state index in [0.29, 0.717) is 17.0 Å². The fourth-order valence-electron chi connectivity index (χ4n) is 1.95. The van der Waals surface area contributed by atoms with Crippen LogP contribution in [0.1, 0.15) is 5.56 Å². The zero-order valence-electron chi connectivity index (χ0n) is 10.2. The van der Waals surface area contributed by atoms with Crippen molar-refractivity contribution in [3.8, 4) is 11.3 Å². The third kappa shape index (κ3) is 2.20. The summed E-state index contributed by atoms with van der Waals surface area (Å²) in [7, 11) is 0. The number of benzene rings is 1. The van der Waals surface area contributed by atoms with Gasteiger partial charge in [0.1, 0.15) is 5.65 Å². The summed E-state index contributed by atoms with van der Waals surface area (Å²) >= 11 is 0. The van der Waals surface area contributed by atoms with Crippen LogP contribution in [0.15, 0.2) is 48.8 Å². The second kappa shape index (κ2) is 4.26. The number of halogens is 3. The van der Waals surface area contributed by atoms with Gasteiger partial charge in [0.15, 0.2) is 0 Å². The number of aromatic nitrogens is 2. The van der Waals surface area contributed by atoms with E-state index >= 15 is 0 Å². The maximum atomic E-state index is 12.6. The van der Waals surface area contributed by atoms with Gasteiger partial charge in [-0.2, -0.15) is 13.2 Å². The number of alkyl halides is 3. The number of nitrogens with two attached hydrogens (primary N) is 1. The van der Waals surface area contributed by atoms with Crippen molar-refractivity contribution in [1.29, 1.82) is 0 Å². The van der Waals surface area contributed by atoms with E-state index in [1.165, 1.54) is 10.5 Å². The van der Waals surface area contributed by atoms with Crippen LogP contribution in [-0.2, 0) is 6.18 Å². The lowest BCUT2D eigenvalue weighted by molar-refractivity contribution is -0.137. The average Bonchev–Trinajstić information content (AvgIpc) is 2.81. The first-order valence-corrected chi connectivity index (χ1v) is 5.85. The fourth-order valence-corrected chi connectivity index (χ4v) is 1.95. The molecule has 0 spiro atoms. The molecule has 3 rings (SSSR count). The Morgan fingerprint density at radius 3 is 2.30 bits per heavy atom. The highest BCUT2D eigenvalue weighted by atomic mass is 19.4. The van der Waals surface area contributed by atoms with Crippen molar-refractivity contribution in [3.05, 3.63) is 54.4 Å². The molecule has 0 saturated carbocycles. The van der Waals surface area contributed by atoms with Gasteiger partial charge >= 0.3 is 6.18 Å². The smallest absolute Gasteiger partial charge is 0.399 e. The predicted molar refractivity (Wildman–Crippen MR) is 70.0 cm³/mol. The summed E-state index contributed by atoms with van der Waals surface area (Å²) in [5.41, 5.74) is 7.38. The second-order valence-corrected chi connectivity index (χ2v) is 4.43. The van der Waals surface area contributed by atoms with Gasteiger partial charge in [0, 0.05) is 23.6 Å². The summed E-state index contributed by atoms with van der Waals surface area (Å²) in [6.45, 7) is 0. The first-order chi connectivity index (χ1) is 9.43. The molecular formula is C14H10F3N3. The van der Waals surface area contributed by atoms with Gasteiger partial charge in [-0.05, 0) is 24.3 Å². The largest absolute Gasteiger partial charge is 0.417 e. The van der Waals surface area contributed by atoms with E-state index in [2.05, 4.69) is 4.98 Å². The van der Waals surface area contributed by atoms with Crippen molar-refractivity contribution in [1.82, 2.24) is 9.38 Å². The molecule has 0 aliphatic heterocycles. The van der Waals surface area contributed by atoms with E-state index in [0.717, 1.165) is 17.8 Å². The first kappa shape index (κ1) is 12.5. The highest BCUT2D eigenvalue weighted by Crippen LogP contribution is 2.30. The van der Waals surface area contributed by atoms with Crippen LogP contribution in [0.25, 0.3) is 16.9 Å². The molecule has 0 fully saturated rings. The topological polar surface area (TPSA) is 43.3 Å². The highest BCUT2D eigenvalue weighted by molar-refractivity contribution is 5.64. The summed E-state index contributed by atoms with van der Waals surface area (Å²) < 4.78 is 39.3. The van der Waals surface area contributed by atoms with Crippen LogP contribution in [-0.4, -0.2) is 9.38 Å². The van der Waals surface area contributed by atoms with Crippen LogP contribution in [0.5, 0.6) is 0 Å². The second-order valence-electron chi connectivity index (χ2n) is 4.43. The Balaban J connectivity index is 2.09. The summed E-state index contributed by atoms with van der Waals surface area (Å²) in [6.07, 6.45) is -1.76. The molecule has 0 amide bonds. The maximum Gasteiger partial charge on any atom is 0.417 e. The molecular weight excluding hydrogens is 267 g/mol. The predicted octanol–water partition coefficient (Wildman–Crippen LogP) is 3.60. The molecule has 2 N–H and O–H groups in total. The Kier molecular flexibility index (Phi) is 2.67. The van der Waals surface area contributed by atoms with Gasteiger partial charge in [-0.1, -0.05) is 12.1 Å². The molecule has 2 heterocycles. The number of fused-ring (bicyclic) bond motifs is 1. The third-order valence-corrected chi connectivity index (χ3v) is 2.98. The van der Waals surface area contributed by atoms with Crippen LogP contribution in [0.4, 0.5) is 18.9 Å². The van der Waals surface area contributed by atoms with Crippen LogP contribution in [0, 0.1) is 0 Å². The zero-order chi connectivity index (χ0) is 14.3. The molecule has 0 atom stereocenters. The van der Waals surface area contributed by atoms with E-state index in [-0.39, 0.29) is 0 Å². The maximum absolute atomic E-state index is 12.6. The number of anilines is 1. The molecule has 0 bridgehead atoms. The van der Waals surface area contributed by atoms with Gasteiger partial charge in [0.05, 0.1) is 11.3 Å². The van der Waals surface area contributed by atoms with Crippen molar-refractivity contribution in [3.63, 3.8) is 0 Å². The Morgan fingerprint density at radius 1 is 0.950 bits per heavy atom. The Morgan fingerprint density at radius 2 is 1.65 bits per heavy atom. The molecule has 3 nitrogen and oxygen atoms in total. The number of hydrogen-bond acceptors (Lipinski definition) is 2. The van der Waals surface area contributed by atoms with Crippen molar-refractivity contribution in [2.45, 2.75) is 6.18 Å². The van der Waals surface area contributed by atoms with Crippen LogP contribution in [0.2, 0.25) is 0 Å². The summed E-state index contributed by atoms with van der Waals surface area (Å²) in [5.74, 6) is 0. The van der Waals surface area contributed by atoms with E-state index in [4.69, 9.17) is 5.73 Å². The summed E-state index contributed by atoms with van der Waals surface area (Å²) in [4.78, 5) is 4.29. The quantitative estimate of drug-likeness (QED) is 0.690. The highest BCUT2D eigenvalue weighted by Gasteiger charge is 2.30. The van der Waals surface area contributed by atoms with Crippen LogP contribution < -0.4 is 5.73 Å². The van der Waals surface area contributed by atoms with E-state index in [1.54, 1.807) is 30.5 Å². The summed E-state index contributed by atoms with van der Waals surface area (Å²) in [5, 5.41) is 0. The minimum atomic E-state index is -4.36. The van der Waals surface area contributed by atoms with Crippen LogP contribution in [0.3, 0.4) is 0 Å². The number of pyridine rings is 1. The van der Waals surface area contributed by atoms with Crippen molar-refractivity contribution < 1.29 is 13.2 Å². The number of imidazole rings is 1. The number of nitrogen functional groups attached to an aromatic ring is 1. The van der Waals surface area contributed by atoms with Crippen molar-refractivity contribution in [2.24, 2.45) is 0 Å².